The summed E-state index contributed by atoms with van der Waals surface area (Å²) in [5.41, 5.74) is 11.9. The molecule has 0 aromatic carbocycles. The zero-order chi connectivity index (χ0) is 54.1. The van der Waals surface area contributed by atoms with Gasteiger partial charge in [0.05, 0.1) is 19.6 Å². The first-order valence-electron chi connectivity index (χ1n) is 21.0. The van der Waals surface area contributed by atoms with Gasteiger partial charge in [-0.25, -0.2) is 50.5 Å². The third-order valence-electron chi connectivity index (χ3n) is 8.56. The molecule has 2 fully saturated rings. The molecular formula is C44H60O16S6Si4. The van der Waals surface area contributed by atoms with Crippen molar-refractivity contribution in [2.75, 3.05) is 51.5 Å². The van der Waals surface area contributed by atoms with Crippen molar-refractivity contribution in [2.45, 2.75) is 78.6 Å². The Balaban J connectivity index is 0.000000370. The van der Waals surface area contributed by atoms with Gasteiger partial charge in [-0.05, 0) is 0 Å². The maximum absolute atomic E-state index is 13.8. The first-order chi connectivity index (χ1) is 31.3. The Bertz CT molecular complexity index is 3020. The van der Waals surface area contributed by atoms with E-state index in [1.54, 1.807) is 0 Å². The lowest BCUT2D eigenvalue weighted by Gasteiger charge is -2.19. The Morgan fingerprint density at radius 1 is 0.371 bits per heavy atom. The van der Waals surface area contributed by atoms with E-state index >= 15 is 0 Å². The molecule has 0 saturated carbocycles. The van der Waals surface area contributed by atoms with Crippen molar-refractivity contribution >= 4 is 91.3 Å². The van der Waals surface area contributed by atoms with Gasteiger partial charge in [0.15, 0.2) is 62.4 Å². The number of hydrogen-bond acceptors (Lipinski definition) is 16. The van der Waals surface area contributed by atoms with Crippen LogP contribution in [0.3, 0.4) is 0 Å². The van der Waals surface area contributed by atoms with Crippen LogP contribution in [0.4, 0.5) is 0 Å². The van der Waals surface area contributed by atoms with Gasteiger partial charge >= 0.3 is 0 Å². The fraction of sp³-hybridized carbons (Fsp3) is 0.455. The van der Waals surface area contributed by atoms with Crippen molar-refractivity contribution < 1.29 is 69.5 Å². The van der Waals surface area contributed by atoms with Gasteiger partial charge in [-0.2, -0.15) is 0 Å². The number of sulfone groups is 6. The van der Waals surface area contributed by atoms with Crippen LogP contribution in [0.1, 0.15) is 0 Å². The molecule has 26 heteroatoms. The lowest BCUT2D eigenvalue weighted by molar-refractivity contribution is 0.0596. The van der Waals surface area contributed by atoms with Crippen LogP contribution >= 0.6 is 0 Å². The molecular weight excluding hydrogens is 1090 g/mol. The Kier molecular flexibility index (Phi) is 18.2. The largest absolute Gasteiger partial charge is 0.485 e. The molecule has 0 amide bonds. The van der Waals surface area contributed by atoms with Crippen LogP contribution in [-0.2, 0) is 78.0 Å². The zero-order valence-corrected chi connectivity index (χ0v) is 51.0. The van der Waals surface area contributed by atoms with Gasteiger partial charge in [0.25, 0.3) is 0 Å². The Morgan fingerprint density at radius 2 is 0.529 bits per heavy atom. The second kappa shape index (κ2) is 21.2. The average Bonchev–Trinajstić information content (AvgIpc) is 3.50. The van der Waals surface area contributed by atoms with E-state index in [0.29, 0.717) is 0 Å². The van der Waals surface area contributed by atoms with Crippen LogP contribution < -0.4 is 0 Å². The first kappa shape index (κ1) is 60.2. The minimum absolute atomic E-state index is 0.0455. The lowest BCUT2D eigenvalue weighted by atomic mass is 10.3. The first-order valence-corrected chi connectivity index (χ1v) is 45.6. The smallest absolute Gasteiger partial charge is 0.216 e. The number of fused-ring (bicyclic) bond motifs is 2. The summed E-state index contributed by atoms with van der Waals surface area (Å²) in [6.07, 6.45) is 7.53. The fourth-order valence-electron chi connectivity index (χ4n) is 5.82. The molecule has 4 rings (SSSR count). The predicted molar refractivity (Wildman–Crippen MR) is 286 cm³/mol. The topological polar surface area (TPSA) is 242 Å². The van der Waals surface area contributed by atoms with E-state index in [1.807, 2.05) is 78.6 Å². The van der Waals surface area contributed by atoms with E-state index < -0.39 is 131 Å². The van der Waals surface area contributed by atoms with Crippen LogP contribution in [0.25, 0.3) is 0 Å². The number of ether oxygens (including phenoxy) is 4. The summed E-state index contributed by atoms with van der Waals surface area (Å²) in [4.78, 5) is -5.06. The molecule has 4 aliphatic rings. The van der Waals surface area contributed by atoms with Gasteiger partial charge < -0.3 is 18.9 Å². The molecule has 0 bridgehead atoms. The molecule has 0 aromatic heterocycles. The minimum Gasteiger partial charge on any atom is -0.485 e. The Labute approximate surface area is 420 Å². The maximum atomic E-state index is 13.8. The summed E-state index contributed by atoms with van der Waals surface area (Å²) in [5, 5.41) is 0. The molecule has 0 radical (unpaired) electrons. The molecule has 4 aliphatic heterocycles. The summed E-state index contributed by atoms with van der Waals surface area (Å²) in [6.45, 7) is 23.2. The molecule has 2 saturated heterocycles. The molecule has 70 heavy (non-hydrogen) atoms. The van der Waals surface area contributed by atoms with Crippen molar-refractivity contribution in [3.8, 4) is 45.9 Å². The Morgan fingerprint density at radius 3 is 0.657 bits per heavy atom. The summed E-state index contributed by atoms with van der Waals surface area (Å²) in [6, 6.07) is 0. The second-order valence-corrected chi connectivity index (χ2v) is 50.8. The molecule has 0 aromatic rings. The summed E-state index contributed by atoms with van der Waals surface area (Å²) in [5.74, 6) is 9.33. The van der Waals surface area contributed by atoms with Gasteiger partial charge in [0.2, 0.25) is 19.7 Å². The van der Waals surface area contributed by atoms with Crippen molar-refractivity contribution in [1.29, 1.82) is 0 Å². The molecule has 16 nitrogen and oxygen atoms in total. The van der Waals surface area contributed by atoms with Crippen molar-refractivity contribution in [3.05, 3.63) is 86.6 Å². The van der Waals surface area contributed by atoms with Gasteiger partial charge in [-0.1, -0.05) is 102 Å². The summed E-state index contributed by atoms with van der Waals surface area (Å²) in [7, 11) is -33.6. The SMILES string of the molecule is C[Si](C)(C)C#C/C=C(/C1=C2OCCOC2=C(/C(=C/C#C[Si](C)(C)C)S(C)(=O)=O)S1(=O)=O)S(C)(=O)=O.C[Si](C)(C)C#C/C=C(/C1=C2OCCOC2=C(/C(=C/C#C[Si](C)(C)C)S(C)(=O)=O)S1(=O)=O)S(C)(=O)=O. The van der Waals surface area contributed by atoms with E-state index in [4.69, 9.17) is 18.9 Å². The van der Waals surface area contributed by atoms with Crippen LogP contribution in [0, 0.1) is 45.9 Å². The van der Waals surface area contributed by atoms with E-state index in [2.05, 4.69) is 45.9 Å². The van der Waals surface area contributed by atoms with Crippen LogP contribution in [0.15, 0.2) is 86.6 Å². The number of rotatable bonds is 8. The summed E-state index contributed by atoms with van der Waals surface area (Å²) >= 11 is 0. The molecule has 384 valence electrons. The second-order valence-electron chi connectivity index (χ2n) is 20.2. The predicted octanol–water partition coefficient (Wildman–Crippen LogP) is 5.01. The van der Waals surface area contributed by atoms with Gasteiger partial charge in [-0.3, -0.25) is 0 Å². The highest BCUT2D eigenvalue weighted by atomic mass is 32.2. The summed E-state index contributed by atoms with van der Waals surface area (Å²) < 4.78 is 179. The van der Waals surface area contributed by atoms with Gasteiger partial charge in [0, 0.05) is 49.3 Å². The maximum Gasteiger partial charge on any atom is 0.216 e. The quantitative estimate of drug-likeness (QED) is 0.229. The third-order valence-corrected chi connectivity index (χ3v) is 20.9. The van der Waals surface area contributed by atoms with E-state index in [1.165, 1.54) is 0 Å². The fourth-order valence-corrected chi connectivity index (χ4v) is 17.1. The molecule has 0 unspecified atom stereocenters. The van der Waals surface area contributed by atoms with Gasteiger partial charge in [-0.15, -0.1) is 22.2 Å². The van der Waals surface area contributed by atoms with E-state index in [-0.39, 0.29) is 49.5 Å². The number of hydrogen-bond donors (Lipinski definition) is 0. The normalized spacial score (nSPS) is 19.1. The van der Waals surface area contributed by atoms with Crippen LogP contribution in [0.2, 0.25) is 78.6 Å². The monoisotopic (exact) mass is 1150 g/mol. The van der Waals surface area contributed by atoms with E-state index in [9.17, 15) is 50.5 Å². The highest BCUT2D eigenvalue weighted by Gasteiger charge is 2.50. The van der Waals surface area contributed by atoms with Crippen LogP contribution in [0.5, 0.6) is 0 Å². The Hall–Kier alpha value is -4.07. The van der Waals surface area contributed by atoms with Crippen molar-refractivity contribution in [3.63, 3.8) is 0 Å². The standard InChI is InChI=1S/2C22H30O8S3Si2/c2*1-31(23,24)17(11-9-15-34(3,4)5)21-19-20(30-14-13-29-19)22(33(21,27)28)18(32(2,25)26)12-10-16-35(6,7)8/h2*11-12H,13-14H2,1-8H3/b2*17-11-,18-12-. The molecule has 0 atom stereocenters. The zero-order valence-electron chi connectivity index (χ0n) is 42.1. The van der Waals surface area contributed by atoms with E-state index in [0.717, 1.165) is 49.3 Å². The van der Waals surface area contributed by atoms with Crippen LogP contribution in [-0.4, -0.2) is 134 Å². The molecule has 0 spiro atoms. The lowest BCUT2D eigenvalue weighted by Crippen LogP contribution is -2.17. The van der Waals surface area contributed by atoms with Gasteiger partial charge in [0.1, 0.15) is 78.3 Å². The van der Waals surface area contributed by atoms with Crippen molar-refractivity contribution in [1.82, 2.24) is 0 Å². The average molecular weight is 1150 g/mol. The molecule has 4 heterocycles. The minimum atomic E-state index is -4.71. The highest BCUT2D eigenvalue weighted by molar-refractivity contribution is 8.05. The number of allylic oxidation sites excluding steroid dienone is 4. The third kappa shape index (κ3) is 16.0. The molecule has 0 aliphatic carbocycles. The molecule has 0 N–H and O–H groups in total. The highest BCUT2D eigenvalue weighted by Crippen LogP contribution is 2.48. The van der Waals surface area contributed by atoms with Crippen molar-refractivity contribution in [2.24, 2.45) is 0 Å².